The summed E-state index contributed by atoms with van der Waals surface area (Å²) in [6.07, 6.45) is 0.991. The van der Waals surface area contributed by atoms with E-state index in [4.69, 9.17) is 4.74 Å². The standard InChI is InChI=1S/C20H24N2O2S/c1-22(2)14-16-11-12-25-19(20(23)21-16)15-7-6-10-18(13-15)24-17-8-4-3-5-9-17/h3-10,13,16,19H,11-12,14H2,1-2H3,(H,21,23)/t16-,19+/m1/s1. The number of nitrogens with zero attached hydrogens (tertiary/aromatic N) is 1. The van der Waals surface area contributed by atoms with Gasteiger partial charge in [-0.3, -0.25) is 4.79 Å². The maximum atomic E-state index is 12.7. The number of nitrogens with one attached hydrogen (secondary N) is 1. The minimum Gasteiger partial charge on any atom is -0.457 e. The van der Waals surface area contributed by atoms with E-state index >= 15 is 0 Å². The zero-order valence-electron chi connectivity index (χ0n) is 14.6. The van der Waals surface area contributed by atoms with Gasteiger partial charge < -0.3 is 15.0 Å². The second-order valence-corrected chi connectivity index (χ2v) is 7.71. The summed E-state index contributed by atoms with van der Waals surface area (Å²) in [6.45, 7) is 0.871. The molecule has 3 rings (SSSR count). The Labute approximate surface area is 153 Å². The van der Waals surface area contributed by atoms with Crippen molar-refractivity contribution in [3.63, 3.8) is 0 Å². The van der Waals surface area contributed by atoms with E-state index in [-0.39, 0.29) is 17.2 Å². The van der Waals surface area contributed by atoms with Crippen molar-refractivity contribution in [1.82, 2.24) is 10.2 Å². The second kappa shape index (κ2) is 8.41. The van der Waals surface area contributed by atoms with Gasteiger partial charge in [-0.15, -0.1) is 11.8 Å². The maximum Gasteiger partial charge on any atom is 0.237 e. The summed E-state index contributed by atoms with van der Waals surface area (Å²) in [6, 6.07) is 17.7. The summed E-state index contributed by atoms with van der Waals surface area (Å²) in [5.41, 5.74) is 0.987. The first-order valence-corrected chi connectivity index (χ1v) is 9.56. The summed E-state index contributed by atoms with van der Waals surface area (Å²) in [7, 11) is 4.07. The van der Waals surface area contributed by atoms with Crippen LogP contribution in [0.25, 0.3) is 0 Å². The molecule has 5 heteroatoms. The van der Waals surface area contributed by atoms with E-state index in [2.05, 4.69) is 10.2 Å². The number of hydrogen-bond acceptors (Lipinski definition) is 4. The molecule has 4 nitrogen and oxygen atoms in total. The van der Waals surface area contributed by atoms with Crippen LogP contribution in [0.3, 0.4) is 0 Å². The molecule has 1 heterocycles. The first kappa shape index (κ1) is 17.8. The van der Waals surface area contributed by atoms with E-state index in [1.54, 1.807) is 11.8 Å². The normalized spacial score (nSPS) is 20.8. The second-order valence-electron chi connectivity index (χ2n) is 6.49. The molecule has 1 saturated heterocycles. The van der Waals surface area contributed by atoms with Gasteiger partial charge in [0.1, 0.15) is 16.7 Å². The third-order valence-electron chi connectivity index (χ3n) is 4.06. The third kappa shape index (κ3) is 5.00. The molecule has 2 aromatic rings. The molecule has 0 aliphatic carbocycles. The van der Waals surface area contributed by atoms with E-state index in [0.717, 1.165) is 35.8 Å². The highest BCUT2D eigenvalue weighted by molar-refractivity contribution is 8.00. The molecule has 0 unspecified atom stereocenters. The van der Waals surface area contributed by atoms with Gasteiger partial charge in [0.15, 0.2) is 0 Å². The number of para-hydroxylation sites is 1. The van der Waals surface area contributed by atoms with Crippen molar-refractivity contribution >= 4 is 17.7 Å². The van der Waals surface area contributed by atoms with Crippen LogP contribution in [0.2, 0.25) is 0 Å². The molecule has 1 aliphatic rings. The predicted octanol–water partition coefficient (Wildman–Crippen LogP) is 3.70. The average Bonchev–Trinajstić information content (AvgIpc) is 2.76. The SMILES string of the molecule is CN(C)C[C@H]1CCS[C@@H](c2cccc(Oc3ccccc3)c2)C(=O)N1. The van der Waals surface area contributed by atoms with Crippen LogP contribution in [0.4, 0.5) is 0 Å². The Balaban J connectivity index is 1.73. The van der Waals surface area contributed by atoms with E-state index in [0.29, 0.717) is 0 Å². The number of rotatable bonds is 5. The fraction of sp³-hybridized carbons (Fsp3) is 0.350. The molecule has 132 valence electrons. The summed E-state index contributed by atoms with van der Waals surface area (Å²) in [4.78, 5) is 14.8. The van der Waals surface area contributed by atoms with Gasteiger partial charge in [-0.25, -0.2) is 0 Å². The molecule has 0 bridgehead atoms. The molecule has 1 N–H and O–H groups in total. The van der Waals surface area contributed by atoms with Crippen LogP contribution < -0.4 is 10.1 Å². The van der Waals surface area contributed by atoms with Crippen molar-refractivity contribution in [1.29, 1.82) is 0 Å². The molecule has 2 atom stereocenters. The molecular formula is C20H24N2O2S. The van der Waals surface area contributed by atoms with Gasteiger partial charge in [0, 0.05) is 12.6 Å². The number of thioether (sulfide) groups is 1. The number of benzene rings is 2. The summed E-state index contributed by atoms with van der Waals surface area (Å²) < 4.78 is 5.90. The van der Waals surface area contributed by atoms with Crippen molar-refractivity contribution < 1.29 is 9.53 Å². The minimum absolute atomic E-state index is 0.0891. The van der Waals surface area contributed by atoms with Crippen LogP contribution in [0, 0.1) is 0 Å². The minimum atomic E-state index is -0.188. The lowest BCUT2D eigenvalue weighted by Crippen LogP contribution is -2.41. The number of likely N-dealkylation sites (N-methyl/N-ethyl adjacent to an activating group) is 1. The zero-order valence-corrected chi connectivity index (χ0v) is 15.5. The van der Waals surface area contributed by atoms with Crippen molar-refractivity contribution in [2.24, 2.45) is 0 Å². The van der Waals surface area contributed by atoms with Crippen molar-refractivity contribution in [3.05, 3.63) is 60.2 Å². The van der Waals surface area contributed by atoms with E-state index in [9.17, 15) is 4.79 Å². The molecule has 0 radical (unpaired) electrons. The molecule has 2 aromatic carbocycles. The van der Waals surface area contributed by atoms with Crippen LogP contribution in [-0.2, 0) is 4.79 Å². The van der Waals surface area contributed by atoms with Crippen LogP contribution >= 0.6 is 11.8 Å². The number of carbonyl (C=O) groups excluding carboxylic acids is 1. The van der Waals surface area contributed by atoms with Gasteiger partial charge in [-0.1, -0.05) is 30.3 Å². The summed E-state index contributed by atoms with van der Waals surface area (Å²) in [5, 5.41) is 3.00. The predicted molar refractivity (Wildman–Crippen MR) is 103 cm³/mol. The van der Waals surface area contributed by atoms with E-state index < -0.39 is 0 Å². The number of carbonyl (C=O) groups is 1. The monoisotopic (exact) mass is 356 g/mol. The van der Waals surface area contributed by atoms with Gasteiger partial charge in [0.2, 0.25) is 5.91 Å². The average molecular weight is 356 g/mol. The number of amides is 1. The fourth-order valence-corrected chi connectivity index (χ4v) is 4.16. The van der Waals surface area contributed by atoms with Gasteiger partial charge in [-0.2, -0.15) is 0 Å². The van der Waals surface area contributed by atoms with Crippen LogP contribution in [0.15, 0.2) is 54.6 Å². The van der Waals surface area contributed by atoms with Crippen molar-refractivity contribution in [2.45, 2.75) is 17.7 Å². The maximum absolute atomic E-state index is 12.7. The first-order chi connectivity index (χ1) is 12.1. The quantitative estimate of drug-likeness (QED) is 0.887. The molecule has 1 fully saturated rings. The highest BCUT2D eigenvalue weighted by atomic mass is 32.2. The van der Waals surface area contributed by atoms with Crippen LogP contribution in [0.5, 0.6) is 11.5 Å². The van der Waals surface area contributed by atoms with Gasteiger partial charge in [-0.05, 0) is 56.1 Å². The largest absolute Gasteiger partial charge is 0.457 e. The summed E-state index contributed by atoms with van der Waals surface area (Å²) >= 11 is 1.70. The lowest BCUT2D eigenvalue weighted by atomic mass is 10.1. The van der Waals surface area contributed by atoms with E-state index in [1.165, 1.54) is 0 Å². The van der Waals surface area contributed by atoms with Gasteiger partial charge in [0.25, 0.3) is 0 Å². The lowest BCUT2D eigenvalue weighted by molar-refractivity contribution is -0.121. The molecule has 1 aliphatic heterocycles. The third-order valence-corrected chi connectivity index (χ3v) is 5.35. The Hall–Kier alpha value is -1.98. The van der Waals surface area contributed by atoms with Crippen LogP contribution in [0.1, 0.15) is 17.2 Å². The van der Waals surface area contributed by atoms with Gasteiger partial charge >= 0.3 is 0 Å². The Kier molecular flexibility index (Phi) is 6.00. The highest BCUT2D eigenvalue weighted by Gasteiger charge is 2.27. The first-order valence-electron chi connectivity index (χ1n) is 8.51. The van der Waals surface area contributed by atoms with E-state index in [1.807, 2.05) is 68.7 Å². The van der Waals surface area contributed by atoms with Gasteiger partial charge in [0.05, 0.1) is 0 Å². The molecule has 0 spiro atoms. The fourth-order valence-electron chi connectivity index (χ4n) is 2.94. The Morgan fingerprint density at radius 3 is 2.64 bits per heavy atom. The molecule has 0 saturated carbocycles. The molecule has 25 heavy (non-hydrogen) atoms. The lowest BCUT2D eigenvalue weighted by Gasteiger charge is -2.20. The Bertz CT molecular complexity index is 706. The molecular weight excluding hydrogens is 332 g/mol. The summed E-state index contributed by atoms with van der Waals surface area (Å²) in [5.74, 6) is 2.60. The number of hydrogen-bond donors (Lipinski definition) is 1. The van der Waals surface area contributed by atoms with Crippen molar-refractivity contribution in [2.75, 3.05) is 26.4 Å². The smallest absolute Gasteiger partial charge is 0.237 e. The molecule has 1 amide bonds. The topological polar surface area (TPSA) is 41.6 Å². The van der Waals surface area contributed by atoms with Crippen LogP contribution in [-0.4, -0.2) is 43.2 Å². The molecule has 0 aromatic heterocycles. The van der Waals surface area contributed by atoms with Crippen molar-refractivity contribution in [3.8, 4) is 11.5 Å². The Morgan fingerprint density at radius 2 is 1.88 bits per heavy atom. The highest BCUT2D eigenvalue weighted by Crippen LogP contribution is 2.34. The zero-order chi connectivity index (χ0) is 17.6. The number of ether oxygens (including phenoxy) is 1. The Morgan fingerprint density at radius 1 is 1.12 bits per heavy atom.